The SMILES string of the molecule is CNC1CN(c2cn(C)c(=O)n(C)c2=O)C1. The van der Waals surface area contributed by atoms with Crippen molar-refractivity contribution in [3.05, 3.63) is 27.0 Å². The van der Waals surface area contributed by atoms with Crippen molar-refractivity contribution in [1.29, 1.82) is 0 Å². The van der Waals surface area contributed by atoms with Gasteiger partial charge < -0.3 is 14.8 Å². The fourth-order valence-electron chi connectivity index (χ4n) is 1.86. The Kier molecular flexibility index (Phi) is 2.59. The monoisotopic (exact) mass is 224 g/mol. The minimum absolute atomic E-state index is 0.224. The van der Waals surface area contributed by atoms with E-state index in [0.717, 1.165) is 17.7 Å². The van der Waals surface area contributed by atoms with Gasteiger partial charge in [0, 0.05) is 39.4 Å². The molecule has 1 saturated heterocycles. The summed E-state index contributed by atoms with van der Waals surface area (Å²) < 4.78 is 2.57. The van der Waals surface area contributed by atoms with Gasteiger partial charge in [0.1, 0.15) is 5.69 Å². The first-order valence-corrected chi connectivity index (χ1v) is 5.23. The van der Waals surface area contributed by atoms with E-state index in [4.69, 9.17) is 0 Å². The van der Waals surface area contributed by atoms with Crippen LogP contribution in [0.2, 0.25) is 0 Å². The van der Waals surface area contributed by atoms with Crippen LogP contribution in [-0.2, 0) is 14.1 Å². The van der Waals surface area contributed by atoms with E-state index < -0.39 is 0 Å². The highest BCUT2D eigenvalue weighted by Crippen LogP contribution is 2.14. The summed E-state index contributed by atoms with van der Waals surface area (Å²) in [7, 11) is 5.06. The van der Waals surface area contributed by atoms with Gasteiger partial charge in [-0.15, -0.1) is 0 Å². The van der Waals surface area contributed by atoms with E-state index in [1.165, 1.54) is 11.6 Å². The van der Waals surface area contributed by atoms with E-state index in [9.17, 15) is 9.59 Å². The molecule has 1 fully saturated rings. The van der Waals surface area contributed by atoms with Gasteiger partial charge in [0.2, 0.25) is 0 Å². The van der Waals surface area contributed by atoms with Gasteiger partial charge >= 0.3 is 5.69 Å². The van der Waals surface area contributed by atoms with E-state index in [0.29, 0.717) is 11.7 Å². The highest BCUT2D eigenvalue weighted by atomic mass is 16.2. The summed E-state index contributed by atoms with van der Waals surface area (Å²) >= 11 is 0. The van der Waals surface area contributed by atoms with Crippen LogP contribution in [-0.4, -0.2) is 35.3 Å². The van der Waals surface area contributed by atoms with Gasteiger partial charge in [-0.05, 0) is 7.05 Å². The van der Waals surface area contributed by atoms with Crippen molar-refractivity contribution in [3.63, 3.8) is 0 Å². The molecule has 1 aromatic heterocycles. The van der Waals surface area contributed by atoms with Crippen LogP contribution in [0.25, 0.3) is 0 Å². The van der Waals surface area contributed by atoms with Crippen LogP contribution >= 0.6 is 0 Å². The number of likely N-dealkylation sites (N-methyl/N-ethyl adjacent to an activating group) is 1. The summed E-state index contributed by atoms with van der Waals surface area (Å²) in [5.41, 5.74) is 0.0770. The van der Waals surface area contributed by atoms with Crippen LogP contribution in [0.3, 0.4) is 0 Å². The molecule has 1 N–H and O–H groups in total. The lowest BCUT2D eigenvalue weighted by Crippen LogP contribution is -2.59. The number of hydrogen-bond donors (Lipinski definition) is 1. The van der Waals surface area contributed by atoms with Gasteiger partial charge in [0.05, 0.1) is 0 Å². The maximum Gasteiger partial charge on any atom is 0.330 e. The molecule has 0 unspecified atom stereocenters. The Morgan fingerprint density at radius 1 is 1.31 bits per heavy atom. The molecule has 1 aliphatic heterocycles. The zero-order chi connectivity index (χ0) is 11.9. The molecule has 0 aliphatic carbocycles. The summed E-state index contributed by atoms with van der Waals surface area (Å²) in [6, 6.07) is 0.432. The molecule has 2 heterocycles. The lowest BCUT2D eigenvalue weighted by atomic mass is 10.1. The summed E-state index contributed by atoms with van der Waals surface area (Å²) in [6.45, 7) is 1.62. The van der Waals surface area contributed by atoms with E-state index in [-0.39, 0.29) is 11.2 Å². The van der Waals surface area contributed by atoms with Gasteiger partial charge in [-0.2, -0.15) is 0 Å². The predicted octanol–water partition coefficient (Wildman–Crippen LogP) is -1.51. The number of nitrogens with one attached hydrogen (secondary N) is 1. The second-order valence-corrected chi connectivity index (χ2v) is 4.16. The van der Waals surface area contributed by atoms with Crippen molar-refractivity contribution < 1.29 is 0 Å². The number of nitrogens with zero attached hydrogens (tertiary/aromatic N) is 3. The van der Waals surface area contributed by atoms with Crippen LogP contribution < -0.4 is 21.5 Å². The molecule has 0 atom stereocenters. The Morgan fingerprint density at radius 2 is 1.94 bits per heavy atom. The first kappa shape index (κ1) is 10.9. The van der Waals surface area contributed by atoms with Gasteiger partial charge in [0.25, 0.3) is 5.56 Å². The molecular weight excluding hydrogens is 208 g/mol. The van der Waals surface area contributed by atoms with E-state index in [1.807, 2.05) is 11.9 Å². The van der Waals surface area contributed by atoms with E-state index >= 15 is 0 Å². The smallest absolute Gasteiger partial charge is 0.330 e. The first-order valence-electron chi connectivity index (χ1n) is 5.23. The molecule has 0 spiro atoms. The molecule has 1 aromatic rings. The first-order chi connectivity index (χ1) is 7.54. The zero-order valence-corrected chi connectivity index (χ0v) is 9.73. The van der Waals surface area contributed by atoms with Crippen LogP contribution in [0.1, 0.15) is 0 Å². The second-order valence-electron chi connectivity index (χ2n) is 4.16. The van der Waals surface area contributed by atoms with Gasteiger partial charge in [-0.3, -0.25) is 9.36 Å². The topological polar surface area (TPSA) is 59.3 Å². The molecule has 0 bridgehead atoms. The molecule has 16 heavy (non-hydrogen) atoms. The van der Waals surface area contributed by atoms with Crippen LogP contribution in [0.5, 0.6) is 0 Å². The van der Waals surface area contributed by atoms with E-state index in [1.54, 1.807) is 13.2 Å². The molecule has 1 aliphatic rings. The predicted molar refractivity (Wildman–Crippen MR) is 62.0 cm³/mol. The average Bonchev–Trinajstić information content (AvgIpc) is 2.21. The van der Waals surface area contributed by atoms with Crippen molar-refractivity contribution in [2.45, 2.75) is 6.04 Å². The van der Waals surface area contributed by atoms with Crippen LogP contribution in [0, 0.1) is 0 Å². The number of aryl methyl sites for hydroxylation is 1. The van der Waals surface area contributed by atoms with Crippen molar-refractivity contribution in [2.75, 3.05) is 25.0 Å². The highest BCUT2D eigenvalue weighted by Gasteiger charge is 2.27. The summed E-state index contributed by atoms with van der Waals surface area (Å²) in [5, 5.41) is 3.14. The van der Waals surface area contributed by atoms with Crippen molar-refractivity contribution in [3.8, 4) is 0 Å². The highest BCUT2D eigenvalue weighted by molar-refractivity contribution is 5.45. The quantitative estimate of drug-likeness (QED) is 0.663. The number of hydrogen-bond acceptors (Lipinski definition) is 4. The maximum atomic E-state index is 11.9. The van der Waals surface area contributed by atoms with Crippen molar-refractivity contribution >= 4 is 5.69 Å². The summed E-state index contributed by atoms with van der Waals surface area (Å²) in [6.07, 6.45) is 1.61. The standard InChI is InChI=1S/C10H16N4O2/c1-11-7-4-14(5-7)8-6-12(2)10(16)13(3)9(8)15/h6-7,11H,4-5H2,1-3H3. The Hall–Kier alpha value is -1.56. The minimum Gasteiger partial charge on any atom is -0.363 e. The Morgan fingerprint density at radius 3 is 2.50 bits per heavy atom. The number of anilines is 1. The van der Waals surface area contributed by atoms with Gasteiger partial charge in [-0.1, -0.05) is 0 Å². The van der Waals surface area contributed by atoms with Gasteiger partial charge in [-0.25, -0.2) is 4.79 Å². The molecule has 6 heteroatoms. The van der Waals surface area contributed by atoms with Crippen LogP contribution in [0.15, 0.2) is 15.8 Å². The molecule has 0 amide bonds. The van der Waals surface area contributed by atoms with E-state index in [2.05, 4.69) is 5.32 Å². The zero-order valence-electron chi connectivity index (χ0n) is 9.73. The lowest BCUT2D eigenvalue weighted by Gasteiger charge is -2.40. The second kappa shape index (κ2) is 3.79. The average molecular weight is 224 g/mol. The lowest BCUT2D eigenvalue weighted by molar-refractivity contribution is 0.446. The summed E-state index contributed by atoms with van der Waals surface area (Å²) in [4.78, 5) is 25.3. The molecule has 2 rings (SSSR count). The third-order valence-corrected chi connectivity index (χ3v) is 3.06. The maximum absolute atomic E-state index is 11.9. The van der Waals surface area contributed by atoms with Crippen LogP contribution in [0.4, 0.5) is 5.69 Å². The molecule has 0 aromatic carbocycles. The number of rotatable bonds is 2. The molecule has 0 radical (unpaired) electrons. The third kappa shape index (κ3) is 1.55. The molecule has 0 saturated carbocycles. The Balaban J connectivity index is 2.37. The fourth-order valence-corrected chi connectivity index (χ4v) is 1.86. The summed E-state index contributed by atoms with van der Waals surface area (Å²) in [5.74, 6) is 0. The Labute approximate surface area is 93.1 Å². The van der Waals surface area contributed by atoms with Gasteiger partial charge in [0.15, 0.2) is 0 Å². The molecule has 6 nitrogen and oxygen atoms in total. The normalized spacial score (nSPS) is 16.3. The largest absolute Gasteiger partial charge is 0.363 e. The van der Waals surface area contributed by atoms with Crippen molar-refractivity contribution in [1.82, 2.24) is 14.5 Å². The van der Waals surface area contributed by atoms with Crippen molar-refractivity contribution in [2.24, 2.45) is 14.1 Å². The minimum atomic E-state index is -0.292. The fraction of sp³-hybridized carbons (Fsp3) is 0.600. The third-order valence-electron chi connectivity index (χ3n) is 3.06. The molecule has 88 valence electrons. The molecular formula is C10H16N4O2. The number of aromatic nitrogens is 2. The Bertz CT molecular complexity index is 511.